The van der Waals surface area contributed by atoms with Crippen LogP contribution in [0.25, 0.3) is 0 Å². The number of thioether (sulfide) groups is 2. The summed E-state index contributed by atoms with van der Waals surface area (Å²) < 4.78 is 12.8. The average molecular weight is 349 g/mol. The van der Waals surface area contributed by atoms with Crippen LogP contribution in [-0.4, -0.2) is 29.9 Å². The highest BCUT2D eigenvalue weighted by atomic mass is 32.2. The van der Waals surface area contributed by atoms with Crippen molar-refractivity contribution in [2.24, 2.45) is 0 Å². The number of carbonyl (C=O) groups is 1. The molecule has 1 amide bonds. The van der Waals surface area contributed by atoms with Gasteiger partial charge >= 0.3 is 0 Å². The standard InChI is InChI=1S/C18H20FNOS2/c1-20(13-14-3-7-16(22-2)8-4-14)18(21)11-12-23-17-9-5-15(19)6-10-17/h3-10H,11-13H2,1-2H3. The van der Waals surface area contributed by atoms with Gasteiger partial charge in [-0.3, -0.25) is 4.79 Å². The Labute approximate surface area is 145 Å². The largest absolute Gasteiger partial charge is 0.341 e. The molecule has 2 aromatic rings. The van der Waals surface area contributed by atoms with Crippen LogP contribution >= 0.6 is 23.5 Å². The van der Waals surface area contributed by atoms with Crippen LogP contribution in [0.5, 0.6) is 0 Å². The van der Waals surface area contributed by atoms with Crippen molar-refractivity contribution in [2.75, 3.05) is 19.1 Å². The molecule has 0 N–H and O–H groups in total. The van der Waals surface area contributed by atoms with Crippen molar-refractivity contribution < 1.29 is 9.18 Å². The van der Waals surface area contributed by atoms with Gasteiger partial charge in [0.15, 0.2) is 0 Å². The molecule has 0 aromatic heterocycles. The molecular weight excluding hydrogens is 329 g/mol. The van der Waals surface area contributed by atoms with Crippen molar-refractivity contribution in [1.82, 2.24) is 4.90 Å². The number of hydrogen-bond acceptors (Lipinski definition) is 3. The molecule has 5 heteroatoms. The van der Waals surface area contributed by atoms with E-state index in [1.165, 1.54) is 17.0 Å². The first-order valence-electron chi connectivity index (χ1n) is 7.34. The maximum Gasteiger partial charge on any atom is 0.223 e. The Morgan fingerprint density at radius 2 is 1.65 bits per heavy atom. The van der Waals surface area contributed by atoms with Crippen LogP contribution in [0.2, 0.25) is 0 Å². The molecule has 2 nitrogen and oxygen atoms in total. The molecule has 0 bridgehead atoms. The number of halogens is 1. The van der Waals surface area contributed by atoms with Gasteiger partial charge in [0.25, 0.3) is 0 Å². The zero-order chi connectivity index (χ0) is 16.7. The molecule has 0 heterocycles. The Balaban J connectivity index is 1.76. The first kappa shape index (κ1) is 17.9. The average Bonchev–Trinajstić information content (AvgIpc) is 2.57. The van der Waals surface area contributed by atoms with Crippen LogP contribution in [-0.2, 0) is 11.3 Å². The summed E-state index contributed by atoms with van der Waals surface area (Å²) in [6.45, 7) is 0.620. The first-order valence-corrected chi connectivity index (χ1v) is 9.55. The third kappa shape index (κ3) is 5.92. The fraction of sp³-hybridized carbons (Fsp3) is 0.278. The minimum atomic E-state index is -0.238. The van der Waals surface area contributed by atoms with Crippen molar-refractivity contribution in [1.29, 1.82) is 0 Å². The monoisotopic (exact) mass is 349 g/mol. The molecule has 0 fully saturated rings. The summed E-state index contributed by atoms with van der Waals surface area (Å²) in [4.78, 5) is 16.1. The number of hydrogen-bond donors (Lipinski definition) is 0. The SMILES string of the molecule is CSc1ccc(CN(C)C(=O)CCSc2ccc(F)cc2)cc1. The highest BCUT2D eigenvalue weighted by Gasteiger charge is 2.09. The second-order valence-electron chi connectivity index (χ2n) is 5.15. The molecule has 0 aliphatic rings. The van der Waals surface area contributed by atoms with E-state index in [0.717, 1.165) is 10.5 Å². The number of carbonyl (C=O) groups excluding carboxylic acids is 1. The molecule has 2 aromatic carbocycles. The third-order valence-corrected chi connectivity index (χ3v) is 5.16. The van der Waals surface area contributed by atoms with Gasteiger partial charge in [-0.1, -0.05) is 12.1 Å². The second-order valence-corrected chi connectivity index (χ2v) is 7.20. The third-order valence-electron chi connectivity index (χ3n) is 3.40. The van der Waals surface area contributed by atoms with Crippen molar-refractivity contribution in [3.8, 4) is 0 Å². The van der Waals surface area contributed by atoms with Crippen LogP contribution in [0, 0.1) is 5.82 Å². The number of nitrogens with zero attached hydrogens (tertiary/aromatic N) is 1. The van der Waals surface area contributed by atoms with Gasteiger partial charge in [0, 0.05) is 35.6 Å². The van der Waals surface area contributed by atoms with Gasteiger partial charge in [-0.2, -0.15) is 0 Å². The van der Waals surface area contributed by atoms with E-state index in [9.17, 15) is 9.18 Å². The van der Waals surface area contributed by atoms with E-state index < -0.39 is 0 Å². The van der Waals surface area contributed by atoms with Gasteiger partial charge in [-0.15, -0.1) is 23.5 Å². The van der Waals surface area contributed by atoms with Crippen molar-refractivity contribution >= 4 is 29.4 Å². The maximum atomic E-state index is 12.8. The van der Waals surface area contributed by atoms with Crippen LogP contribution in [0.4, 0.5) is 4.39 Å². The minimum absolute atomic E-state index is 0.119. The Morgan fingerprint density at radius 3 is 2.26 bits per heavy atom. The molecule has 122 valence electrons. The van der Waals surface area contributed by atoms with Crippen molar-refractivity contribution in [3.63, 3.8) is 0 Å². The molecule has 23 heavy (non-hydrogen) atoms. The molecule has 0 atom stereocenters. The van der Waals surface area contributed by atoms with Crippen LogP contribution in [0.3, 0.4) is 0 Å². The van der Waals surface area contributed by atoms with Gasteiger partial charge in [-0.25, -0.2) is 4.39 Å². The van der Waals surface area contributed by atoms with Crippen LogP contribution in [0.15, 0.2) is 58.3 Å². The molecule has 0 aliphatic carbocycles. The van der Waals surface area contributed by atoms with E-state index in [1.807, 2.05) is 13.3 Å². The van der Waals surface area contributed by atoms with Crippen LogP contribution < -0.4 is 0 Å². The lowest BCUT2D eigenvalue weighted by Crippen LogP contribution is -2.26. The Morgan fingerprint density at radius 1 is 1.04 bits per heavy atom. The van der Waals surface area contributed by atoms with Gasteiger partial charge in [0.2, 0.25) is 5.91 Å². The summed E-state index contributed by atoms with van der Waals surface area (Å²) in [5, 5.41) is 0. The predicted molar refractivity (Wildman–Crippen MR) is 96.4 cm³/mol. The normalized spacial score (nSPS) is 10.6. The van der Waals surface area contributed by atoms with Gasteiger partial charge in [-0.05, 0) is 48.2 Å². The molecule has 0 unspecified atom stereocenters. The fourth-order valence-corrected chi connectivity index (χ4v) is 3.32. The number of rotatable bonds is 7. The van der Waals surface area contributed by atoms with E-state index in [0.29, 0.717) is 18.7 Å². The zero-order valence-electron chi connectivity index (χ0n) is 13.3. The van der Waals surface area contributed by atoms with Gasteiger partial charge in [0.1, 0.15) is 5.82 Å². The van der Waals surface area contributed by atoms with E-state index in [1.54, 1.807) is 40.6 Å². The van der Waals surface area contributed by atoms with E-state index in [-0.39, 0.29) is 11.7 Å². The molecule has 0 saturated carbocycles. The fourth-order valence-electron chi connectivity index (χ4n) is 2.07. The predicted octanol–water partition coefficient (Wildman–Crippen LogP) is 4.69. The second kappa shape index (κ2) is 8.99. The lowest BCUT2D eigenvalue weighted by Gasteiger charge is -2.17. The van der Waals surface area contributed by atoms with Crippen molar-refractivity contribution in [2.45, 2.75) is 22.8 Å². The summed E-state index contributed by atoms with van der Waals surface area (Å²) in [7, 11) is 1.83. The summed E-state index contributed by atoms with van der Waals surface area (Å²) in [6, 6.07) is 14.6. The molecule has 0 saturated heterocycles. The van der Waals surface area contributed by atoms with Gasteiger partial charge < -0.3 is 4.90 Å². The molecule has 0 radical (unpaired) electrons. The van der Waals surface area contributed by atoms with E-state index >= 15 is 0 Å². The minimum Gasteiger partial charge on any atom is -0.341 e. The van der Waals surface area contributed by atoms with E-state index in [2.05, 4.69) is 24.3 Å². The lowest BCUT2D eigenvalue weighted by atomic mass is 10.2. The lowest BCUT2D eigenvalue weighted by molar-refractivity contribution is -0.129. The topological polar surface area (TPSA) is 20.3 Å². The van der Waals surface area contributed by atoms with E-state index in [4.69, 9.17) is 0 Å². The Bertz CT molecular complexity index is 628. The molecular formula is C18H20FNOS2. The Hall–Kier alpha value is -1.46. The number of benzene rings is 2. The number of amides is 1. The van der Waals surface area contributed by atoms with Crippen molar-refractivity contribution in [3.05, 3.63) is 59.9 Å². The molecule has 0 spiro atoms. The zero-order valence-corrected chi connectivity index (χ0v) is 14.9. The summed E-state index contributed by atoms with van der Waals surface area (Å²) in [6.07, 6.45) is 2.52. The smallest absolute Gasteiger partial charge is 0.223 e. The highest BCUT2D eigenvalue weighted by Crippen LogP contribution is 2.20. The first-order chi connectivity index (χ1) is 11.1. The molecule has 2 rings (SSSR count). The summed E-state index contributed by atoms with van der Waals surface area (Å²) >= 11 is 3.27. The summed E-state index contributed by atoms with van der Waals surface area (Å²) in [5.41, 5.74) is 1.13. The maximum absolute atomic E-state index is 12.8. The van der Waals surface area contributed by atoms with Gasteiger partial charge in [0.05, 0.1) is 0 Å². The van der Waals surface area contributed by atoms with Crippen LogP contribution in [0.1, 0.15) is 12.0 Å². The summed E-state index contributed by atoms with van der Waals surface area (Å²) in [5.74, 6) is 0.575. The quantitative estimate of drug-likeness (QED) is 0.677. The molecule has 0 aliphatic heterocycles. The highest BCUT2D eigenvalue weighted by molar-refractivity contribution is 7.99. The Kier molecular flexibility index (Phi) is 6.99.